The minimum Gasteiger partial charge on any atom is -0.497 e. The van der Waals surface area contributed by atoms with E-state index < -0.39 is 11.7 Å². The molecular weight excluding hydrogens is 413 g/mol. The number of methoxy groups -OCH3 is 1. The lowest BCUT2D eigenvalue weighted by Gasteiger charge is -2.24. The first-order chi connectivity index (χ1) is 14.3. The fourth-order valence-electron chi connectivity index (χ4n) is 3.45. The minimum atomic E-state index is -4.38. The van der Waals surface area contributed by atoms with Crippen LogP contribution in [0.5, 0.6) is 5.75 Å². The molecule has 0 N–H and O–H groups in total. The average molecular weight is 431 g/mol. The van der Waals surface area contributed by atoms with Gasteiger partial charge in [0.1, 0.15) is 5.75 Å². The highest BCUT2D eigenvalue weighted by atomic mass is 35.5. The Hall–Kier alpha value is -2.99. The zero-order chi connectivity index (χ0) is 21.3. The Balaban J connectivity index is 1.71. The Labute approximate surface area is 177 Å². The Bertz CT molecular complexity index is 1050. The largest absolute Gasteiger partial charge is 0.497 e. The summed E-state index contributed by atoms with van der Waals surface area (Å²) >= 11 is 6.02. The first-order valence-corrected chi connectivity index (χ1v) is 9.67. The van der Waals surface area contributed by atoms with Crippen LogP contribution in [0.4, 0.5) is 18.9 Å². The molecule has 7 heteroatoms. The molecule has 154 valence electrons. The summed E-state index contributed by atoms with van der Waals surface area (Å²) in [5.41, 5.74) is 2.66. The number of hydrogen-bond donors (Lipinski definition) is 0. The lowest BCUT2D eigenvalue weighted by atomic mass is 9.98. The number of ether oxygens (including phenoxy) is 1. The summed E-state index contributed by atoms with van der Waals surface area (Å²) in [5, 5.41) is 7.14. The van der Waals surface area contributed by atoms with E-state index in [9.17, 15) is 13.2 Å². The van der Waals surface area contributed by atoms with Crippen molar-refractivity contribution in [3.63, 3.8) is 0 Å². The molecule has 0 spiro atoms. The predicted octanol–water partition coefficient (Wildman–Crippen LogP) is 6.72. The number of rotatable bonds is 4. The fourth-order valence-corrected chi connectivity index (χ4v) is 3.58. The van der Waals surface area contributed by atoms with Gasteiger partial charge in [0, 0.05) is 11.4 Å². The predicted molar refractivity (Wildman–Crippen MR) is 112 cm³/mol. The number of nitrogens with zero attached hydrogens (tertiary/aromatic N) is 2. The van der Waals surface area contributed by atoms with Crippen LogP contribution in [0.2, 0.25) is 5.02 Å². The van der Waals surface area contributed by atoms with Gasteiger partial charge in [0.25, 0.3) is 0 Å². The van der Waals surface area contributed by atoms with Gasteiger partial charge in [-0.2, -0.15) is 18.3 Å². The first-order valence-electron chi connectivity index (χ1n) is 9.29. The van der Waals surface area contributed by atoms with Gasteiger partial charge in [0.15, 0.2) is 0 Å². The molecule has 0 radical (unpaired) electrons. The first kappa shape index (κ1) is 20.3. The smallest absolute Gasteiger partial charge is 0.416 e. The van der Waals surface area contributed by atoms with Crippen molar-refractivity contribution in [2.45, 2.75) is 18.6 Å². The number of benzene rings is 3. The molecule has 0 saturated carbocycles. The monoisotopic (exact) mass is 430 g/mol. The summed E-state index contributed by atoms with van der Waals surface area (Å²) in [6.07, 6.45) is -3.77. The minimum absolute atomic E-state index is 0.156. The number of alkyl halides is 3. The van der Waals surface area contributed by atoms with Gasteiger partial charge in [-0.05, 0) is 71.8 Å². The van der Waals surface area contributed by atoms with Crippen LogP contribution in [0.1, 0.15) is 29.2 Å². The molecule has 0 aromatic heterocycles. The van der Waals surface area contributed by atoms with E-state index in [4.69, 9.17) is 21.4 Å². The Morgan fingerprint density at radius 3 is 2.13 bits per heavy atom. The van der Waals surface area contributed by atoms with E-state index in [1.807, 2.05) is 36.4 Å². The summed E-state index contributed by atoms with van der Waals surface area (Å²) < 4.78 is 44.1. The van der Waals surface area contributed by atoms with Crippen LogP contribution >= 0.6 is 11.6 Å². The molecule has 4 rings (SSSR count). The maximum atomic E-state index is 13.0. The molecular formula is C23H18ClF3N2O. The van der Waals surface area contributed by atoms with Gasteiger partial charge < -0.3 is 4.74 Å². The van der Waals surface area contributed by atoms with Crippen molar-refractivity contribution in [3.8, 4) is 5.75 Å². The number of halogens is 4. The zero-order valence-corrected chi connectivity index (χ0v) is 16.8. The molecule has 0 saturated heterocycles. The third-order valence-corrected chi connectivity index (χ3v) is 5.30. The zero-order valence-electron chi connectivity index (χ0n) is 16.0. The van der Waals surface area contributed by atoms with E-state index in [0.717, 1.165) is 34.7 Å². The van der Waals surface area contributed by atoms with Crippen LogP contribution in [-0.2, 0) is 6.18 Å². The quantitative estimate of drug-likeness (QED) is 0.458. The molecule has 1 aliphatic heterocycles. The summed E-state index contributed by atoms with van der Waals surface area (Å²) in [6, 6.07) is 19.9. The highest BCUT2D eigenvalue weighted by Crippen LogP contribution is 2.38. The van der Waals surface area contributed by atoms with E-state index in [2.05, 4.69) is 0 Å². The molecule has 1 heterocycles. The van der Waals surface area contributed by atoms with E-state index in [0.29, 0.717) is 17.1 Å². The van der Waals surface area contributed by atoms with E-state index >= 15 is 0 Å². The molecule has 30 heavy (non-hydrogen) atoms. The second kappa shape index (κ2) is 8.03. The van der Waals surface area contributed by atoms with Crippen LogP contribution < -0.4 is 9.75 Å². The van der Waals surface area contributed by atoms with Crippen molar-refractivity contribution in [3.05, 3.63) is 94.5 Å². The van der Waals surface area contributed by atoms with Gasteiger partial charge in [0.2, 0.25) is 0 Å². The molecule has 3 aromatic carbocycles. The fraction of sp³-hybridized carbons (Fsp3) is 0.174. The molecule has 1 atom stereocenters. The Morgan fingerprint density at radius 2 is 1.57 bits per heavy atom. The van der Waals surface area contributed by atoms with Crippen LogP contribution in [0.15, 0.2) is 77.9 Å². The lowest BCUT2D eigenvalue weighted by Crippen LogP contribution is -2.18. The summed E-state index contributed by atoms with van der Waals surface area (Å²) in [7, 11) is 1.60. The summed E-state index contributed by atoms with van der Waals surface area (Å²) in [4.78, 5) is 0. The van der Waals surface area contributed by atoms with Crippen molar-refractivity contribution in [2.24, 2.45) is 5.10 Å². The van der Waals surface area contributed by atoms with Gasteiger partial charge >= 0.3 is 6.18 Å². The second-order valence-electron chi connectivity index (χ2n) is 6.94. The van der Waals surface area contributed by atoms with Crippen LogP contribution in [-0.4, -0.2) is 12.8 Å². The maximum absolute atomic E-state index is 13.0. The van der Waals surface area contributed by atoms with E-state index in [1.165, 1.54) is 12.1 Å². The van der Waals surface area contributed by atoms with Crippen molar-refractivity contribution in [1.82, 2.24) is 0 Å². The standard InChI is InChI=1S/C23H18ClF3N2O/c1-30-20-12-4-15(5-13-20)21-14-22(16-2-8-18(24)9-3-16)29(28-21)19-10-6-17(7-11-19)23(25,26)27/h2-13,22H,14H2,1H3/t22-/m0/s1. The molecule has 0 bridgehead atoms. The lowest BCUT2D eigenvalue weighted by molar-refractivity contribution is -0.137. The van der Waals surface area contributed by atoms with Crippen LogP contribution in [0.3, 0.4) is 0 Å². The molecule has 3 aromatic rings. The molecule has 0 unspecified atom stereocenters. The maximum Gasteiger partial charge on any atom is 0.416 e. The Morgan fingerprint density at radius 1 is 0.933 bits per heavy atom. The molecule has 0 amide bonds. The van der Waals surface area contributed by atoms with Gasteiger partial charge in [-0.1, -0.05) is 23.7 Å². The van der Waals surface area contributed by atoms with E-state index in [1.54, 1.807) is 24.3 Å². The molecule has 0 aliphatic carbocycles. The Kier molecular flexibility index (Phi) is 5.43. The van der Waals surface area contributed by atoms with Crippen molar-refractivity contribution >= 4 is 23.0 Å². The SMILES string of the molecule is COc1ccc(C2=NN(c3ccc(C(F)(F)F)cc3)[C@H](c3ccc(Cl)cc3)C2)cc1. The third-order valence-electron chi connectivity index (χ3n) is 5.05. The number of hydrazone groups is 1. The van der Waals surface area contributed by atoms with Crippen molar-refractivity contribution in [2.75, 3.05) is 12.1 Å². The number of anilines is 1. The average Bonchev–Trinajstić information content (AvgIpc) is 3.19. The van der Waals surface area contributed by atoms with Crippen LogP contribution in [0.25, 0.3) is 0 Å². The summed E-state index contributed by atoms with van der Waals surface area (Å²) in [6.45, 7) is 0. The molecule has 1 aliphatic rings. The topological polar surface area (TPSA) is 24.8 Å². The van der Waals surface area contributed by atoms with Gasteiger partial charge in [-0.15, -0.1) is 0 Å². The normalized spacial score (nSPS) is 16.5. The van der Waals surface area contributed by atoms with E-state index in [-0.39, 0.29) is 6.04 Å². The van der Waals surface area contributed by atoms with Crippen molar-refractivity contribution < 1.29 is 17.9 Å². The highest BCUT2D eigenvalue weighted by Gasteiger charge is 2.32. The highest BCUT2D eigenvalue weighted by molar-refractivity contribution is 6.30. The van der Waals surface area contributed by atoms with Crippen LogP contribution in [0, 0.1) is 0 Å². The van der Waals surface area contributed by atoms with Gasteiger partial charge in [0.05, 0.1) is 30.1 Å². The third kappa shape index (κ3) is 4.14. The van der Waals surface area contributed by atoms with Gasteiger partial charge in [-0.25, -0.2) is 0 Å². The molecule has 0 fully saturated rings. The van der Waals surface area contributed by atoms with Gasteiger partial charge in [-0.3, -0.25) is 5.01 Å². The molecule has 3 nitrogen and oxygen atoms in total. The second-order valence-corrected chi connectivity index (χ2v) is 7.37. The number of hydrogen-bond acceptors (Lipinski definition) is 3. The summed E-state index contributed by atoms with van der Waals surface area (Å²) in [5.74, 6) is 0.742. The van der Waals surface area contributed by atoms with Crippen molar-refractivity contribution in [1.29, 1.82) is 0 Å².